The lowest BCUT2D eigenvalue weighted by Crippen LogP contribution is -2.49. The number of aliphatic hydroxyl groups is 1. The number of fused-ring (bicyclic) bond motifs is 6. The number of hydrogen-bond acceptors (Lipinski definition) is 7. The first-order chi connectivity index (χ1) is 32.6. The van der Waals surface area contributed by atoms with Gasteiger partial charge in [0.1, 0.15) is 11.6 Å². The van der Waals surface area contributed by atoms with Crippen LogP contribution < -0.4 is 15.1 Å². The van der Waals surface area contributed by atoms with Crippen LogP contribution >= 0.6 is 0 Å². The maximum atomic E-state index is 14.2. The maximum absolute atomic E-state index is 14.2. The van der Waals surface area contributed by atoms with Crippen LogP contribution in [0.3, 0.4) is 0 Å². The van der Waals surface area contributed by atoms with Gasteiger partial charge in [0.25, 0.3) is 0 Å². The fourth-order valence-electron chi connectivity index (χ4n) is 11.4. The fraction of sp³-hybridized carbons (Fsp3) is 0.393. The third-order valence-corrected chi connectivity index (χ3v) is 14.6. The lowest BCUT2D eigenvalue weighted by Gasteiger charge is -2.45. The van der Waals surface area contributed by atoms with Gasteiger partial charge in [-0.3, -0.25) is 14.8 Å². The van der Waals surface area contributed by atoms with Crippen molar-refractivity contribution < 1.29 is 23.5 Å². The predicted molar refractivity (Wildman–Crippen MR) is 264 cm³/mol. The van der Waals surface area contributed by atoms with Gasteiger partial charge in [-0.2, -0.15) is 0 Å². The Hall–Kier alpha value is -6.76. The van der Waals surface area contributed by atoms with Gasteiger partial charge >= 0.3 is 6.03 Å². The lowest BCUT2D eigenvalue weighted by atomic mass is 9.80. The minimum atomic E-state index is -0.668. The van der Waals surface area contributed by atoms with Crippen LogP contribution in [0.2, 0.25) is 0 Å². The minimum absolute atomic E-state index is 0. The number of anilines is 3. The van der Waals surface area contributed by atoms with Crippen molar-refractivity contribution >= 4 is 29.0 Å². The van der Waals surface area contributed by atoms with E-state index < -0.39 is 17.7 Å². The summed E-state index contributed by atoms with van der Waals surface area (Å²) in [6.07, 6.45) is 15.2. The summed E-state index contributed by atoms with van der Waals surface area (Å²) in [6, 6.07) is 22.8. The van der Waals surface area contributed by atoms with Crippen molar-refractivity contribution in [3.8, 4) is 23.7 Å². The highest BCUT2D eigenvalue weighted by atomic mass is 19.1. The molecule has 5 aliphatic rings. The quantitative estimate of drug-likeness (QED) is 0.173. The van der Waals surface area contributed by atoms with Crippen molar-refractivity contribution in [1.82, 2.24) is 19.8 Å². The van der Waals surface area contributed by atoms with Crippen LogP contribution in [-0.2, 0) is 4.79 Å². The molecule has 0 bridgehead atoms. The van der Waals surface area contributed by atoms with Crippen LogP contribution in [0, 0.1) is 53.1 Å². The van der Waals surface area contributed by atoms with E-state index in [0.717, 1.165) is 109 Å². The average Bonchev–Trinajstić information content (AvgIpc) is 4.01. The number of urea groups is 1. The topological polar surface area (TPSA) is 105 Å². The standard InChI is InChI=1S/C28H26F2N4O.C27H31N3O2.CH4/c1-3-25-21-12-14-34(28(35)32-24-16-20(29)9-10-23(24)30)27(21)22-15-18(8-11-26(22)33(25)2)6-7-19-5-4-13-31-17-19;1-29-24-12-11-19(9-10-20-6-5-14-28-17-20)16-23(24)26-22(25(29)18-31)13-15-30(26)27(32)21-7-3-2-4-8-21;/h4-5,8-11,13,15-17,21,25,27H,3,12,14H2,1-2H3,(H,32,35);5-6,11-12,14,16-17,21-22,25-26,31H,2-4,7-8,13,15,18H2,1H3;1H4/t21-,25+,27?;22-,25+,26?;/m10./s1. The van der Waals surface area contributed by atoms with E-state index in [1.54, 1.807) is 29.7 Å². The van der Waals surface area contributed by atoms with E-state index >= 15 is 0 Å². The number of benzene rings is 3. The molecule has 3 amide bonds. The number of likely N-dealkylation sites (N-methyl/N-ethyl adjacent to an activating group) is 1. The first kappa shape index (κ1) is 47.7. The van der Waals surface area contributed by atoms with Crippen molar-refractivity contribution in [1.29, 1.82) is 0 Å². The van der Waals surface area contributed by atoms with Gasteiger partial charge in [0.05, 0.1) is 30.4 Å². The zero-order valence-corrected chi connectivity index (χ0v) is 38.3. The largest absolute Gasteiger partial charge is 0.394 e. The second-order valence-electron chi connectivity index (χ2n) is 18.4. The molecule has 10 rings (SSSR count). The number of nitrogens with zero attached hydrogens (tertiary/aromatic N) is 6. The number of likely N-dealkylation sites (tertiary alicyclic amines) is 2. The molecular formula is C56H61F2N7O3. The Kier molecular flexibility index (Phi) is 14.8. The van der Waals surface area contributed by atoms with Crippen LogP contribution in [0.25, 0.3) is 0 Å². The molecule has 2 aromatic heterocycles. The van der Waals surface area contributed by atoms with Crippen LogP contribution in [0.4, 0.5) is 30.6 Å². The molecule has 2 unspecified atom stereocenters. The highest BCUT2D eigenvalue weighted by Gasteiger charge is 2.49. The number of rotatable bonds is 4. The summed E-state index contributed by atoms with van der Waals surface area (Å²) < 4.78 is 27.9. The number of hydrogen-bond donors (Lipinski definition) is 2. The van der Waals surface area contributed by atoms with Crippen molar-refractivity contribution in [3.05, 3.63) is 149 Å². The van der Waals surface area contributed by atoms with E-state index in [0.29, 0.717) is 12.5 Å². The van der Waals surface area contributed by atoms with Gasteiger partial charge in [0.2, 0.25) is 5.91 Å². The number of halogens is 2. The molecule has 352 valence electrons. The molecule has 12 heteroatoms. The summed E-state index contributed by atoms with van der Waals surface area (Å²) in [5, 5.41) is 12.8. The molecule has 6 atom stereocenters. The monoisotopic (exact) mass is 917 g/mol. The maximum Gasteiger partial charge on any atom is 0.322 e. The van der Waals surface area contributed by atoms with Gasteiger partial charge in [0, 0.05) is 115 Å². The van der Waals surface area contributed by atoms with Gasteiger partial charge in [-0.15, -0.1) is 0 Å². The molecule has 1 saturated carbocycles. The SMILES string of the molecule is C.CC[C@H]1[C@H]2CCN(C(=O)Nc3cc(F)ccc3F)C2c2cc(C#Cc3cccnc3)ccc2N1C.CN1c2ccc(C#Cc3cccnc3)cc2C2[C@@H](CCN2C(=O)C2CCCCC2)[C@H]1CO. The normalized spacial score (nSPS) is 22.3. The molecule has 5 aromatic rings. The molecule has 3 aromatic carbocycles. The minimum Gasteiger partial charge on any atom is -0.394 e. The van der Waals surface area contributed by atoms with Crippen LogP contribution in [0.5, 0.6) is 0 Å². The molecule has 6 heterocycles. The number of carbonyl (C=O) groups is 2. The zero-order valence-electron chi connectivity index (χ0n) is 38.3. The zero-order chi connectivity index (χ0) is 46.6. The summed E-state index contributed by atoms with van der Waals surface area (Å²) in [4.78, 5) is 43.5. The summed E-state index contributed by atoms with van der Waals surface area (Å²) in [5.41, 5.74) is 7.68. The molecule has 1 aliphatic carbocycles. The van der Waals surface area contributed by atoms with Crippen molar-refractivity contribution in [2.45, 2.75) is 89.9 Å². The third-order valence-electron chi connectivity index (χ3n) is 14.6. The van der Waals surface area contributed by atoms with E-state index in [9.17, 15) is 23.5 Å². The Morgan fingerprint density at radius 2 is 1.24 bits per heavy atom. The molecule has 2 N–H and O–H groups in total. The van der Waals surface area contributed by atoms with Crippen LogP contribution in [0.15, 0.2) is 104 Å². The molecule has 0 radical (unpaired) electrons. The van der Waals surface area contributed by atoms with Gasteiger partial charge in [0.15, 0.2) is 0 Å². The summed E-state index contributed by atoms with van der Waals surface area (Å²) in [6.45, 7) is 3.57. The second kappa shape index (κ2) is 21.0. The highest BCUT2D eigenvalue weighted by Crippen LogP contribution is 2.51. The molecule has 2 saturated heterocycles. The van der Waals surface area contributed by atoms with E-state index in [1.165, 1.54) is 12.0 Å². The van der Waals surface area contributed by atoms with Crippen molar-refractivity contribution in [2.24, 2.45) is 17.8 Å². The molecule has 10 nitrogen and oxygen atoms in total. The highest BCUT2D eigenvalue weighted by molar-refractivity contribution is 5.90. The smallest absolute Gasteiger partial charge is 0.322 e. The van der Waals surface area contributed by atoms with E-state index in [2.05, 4.69) is 92.9 Å². The predicted octanol–water partition coefficient (Wildman–Crippen LogP) is 9.98. The summed E-state index contributed by atoms with van der Waals surface area (Å²) >= 11 is 0. The van der Waals surface area contributed by atoms with Gasteiger partial charge in [-0.05, 0) is 116 Å². The number of aliphatic hydroxyl groups excluding tert-OH is 1. The second-order valence-corrected chi connectivity index (χ2v) is 18.4. The van der Waals surface area contributed by atoms with Gasteiger partial charge in [-0.25, -0.2) is 13.6 Å². The van der Waals surface area contributed by atoms with Crippen molar-refractivity contribution in [3.63, 3.8) is 0 Å². The lowest BCUT2D eigenvalue weighted by molar-refractivity contribution is -0.138. The first-order valence-electron chi connectivity index (χ1n) is 23.6. The Balaban J connectivity index is 0.000000182. The van der Waals surface area contributed by atoms with E-state index in [4.69, 9.17) is 0 Å². The van der Waals surface area contributed by atoms with Gasteiger partial charge < -0.3 is 30.0 Å². The average molecular weight is 918 g/mol. The Labute approximate surface area is 399 Å². The number of pyridine rings is 2. The number of carbonyl (C=O) groups excluding carboxylic acids is 2. The van der Waals surface area contributed by atoms with Crippen molar-refractivity contribution in [2.75, 3.05) is 48.9 Å². The number of nitrogens with one attached hydrogen (secondary N) is 1. The summed E-state index contributed by atoms with van der Waals surface area (Å²) in [5.74, 6) is 12.5. The first-order valence-corrected chi connectivity index (χ1v) is 23.6. The Morgan fingerprint density at radius 3 is 1.79 bits per heavy atom. The molecule has 3 fully saturated rings. The molecular weight excluding hydrogens is 857 g/mol. The fourth-order valence-corrected chi connectivity index (χ4v) is 11.4. The van der Waals surface area contributed by atoms with Crippen LogP contribution in [-0.4, -0.2) is 82.7 Å². The Bertz CT molecular complexity index is 2730. The van der Waals surface area contributed by atoms with Crippen LogP contribution in [0.1, 0.15) is 111 Å². The molecule has 4 aliphatic heterocycles. The molecule has 68 heavy (non-hydrogen) atoms. The Morgan fingerprint density at radius 1 is 0.691 bits per heavy atom. The number of aromatic nitrogens is 2. The van der Waals surface area contributed by atoms with Gasteiger partial charge in [-0.1, -0.05) is 57.3 Å². The summed E-state index contributed by atoms with van der Waals surface area (Å²) in [7, 11) is 4.15. The number of amides is 3. The molecule has 0 spiro atoms. The van der Waals surface area contributed by atoms with E-state index in [1.807, 2.05) is 42.5 Å². The van der Waals surface area contributed by atoms with E-state index in [-0.39, 0.29) is 61.6 Å². The third kappa shape index (κ3) is 9.66.